The van der Waals surface area contributed by atoms with E-state index in [1.165, 1.54) is 29.4 Å². The summed E-state index contributed by atoms with van der Waals surface area (Å²) < 4.78 is 6.44. The van der Waals surface area contributed by atoms with Gasteiger partial charge in [-0.1, -0.05) is 0 Å². The van der Waals surface area contributed by atoms with E-state index in [-0.39, 0.29) is 12.2 Å². The van der Waals surface area contributed by atoms with Crippen LogP contribution in [0.5, 0.6) is 0 Å². The zero-order valence-electron chi connectivity index (χ0n) is 11.6. The second-order valence-corrected chi connectivity index (χ2v) is 4.28. The molecule has 0 radical (unpaired) electrons. The van der Waals surface area contributed by atoms with Crippen molar-refractivity contribution in [1.29, 1.82) is 0 Å². The summed E-state index contributed by atoms with van der Waals surface area (Å²) in [5, 5.41) is 0. The third kappa shape index (κ3) is 2.45. The van der Waals surface area contributed by atoms with Crippen molar-refractivity contribution in [1.82, 2.24) is 14.5 Å². The van der Waals surface area contributed by atoms with Gasteiger partial charge in [0.15, 0.2) is 0 Å². The van der Waals surface area contributed by atoms with Gasteiger partial charge in [-0.25, -0.2) is 14.8 Å². The zero-order chi connectivity index (χ0) is 14.7. The van der Waals surface area contributed by atoms with Crippen LogP contribution >= 0.6 is 0 Å². The molecule has 104 valence electrons. The molecule has 0 saturated carbocycles. The Hall–Kier alpha value is -2.50. The fourth-order valence-electron chi connectivity index (χ4n) is 2.12. The predicted molar refractivity (Wildman–Crippen MR) is 73.1 cm³/mol. The molecule has 2 rings (SSSR count). The molecule has 0 aliphatic heterocycles. The fourth-order valence-corrected chi connectivity index (χ4v) is 2.12. The Kier molecular flexibility index (Phi) is 3.93. The molecule has 0 aliphatic carbocycles. The Labute approximate surface area is 116 Å². The lowest BCUT2D eigenvalue weighted by Crippen LogP contribution is -2.25. The minimum absolute atomic E-state index is 0.233. The molecule has 2 aromatic rings. The summed E-state index contributed by atoms with van der Waals surface area (Å²) in [7, 11) is 0. The fraction of sp³-hybridized carbons (Fsp3) is 0.286. The molecule has 0 amide bonds. The molecule has 6 heteroatoms. The molecule has 0 unspecified atom stereocenters. The molecule has 20 heavy (non-hydrogen) atoms. The zero-order valence-corrected chi connectivity index (χ0v) is 11.6. The van der Waals surface area contributed by atoms with E-state index in [1.807, 2.05) is 0 Å². The second-order valence-electron chi connectivity index (χ2n) is 4.28. The lowest BCUT2D eigenvalue weighted by Gasteiger charge is -2.14. The molecular formula is C14H15N3O3. The molecule has 2 heterocycles. The van der Waals surface area contributed by atoms with E-state index in [0.717, 1.165) is 0 Å². The first-order chi connectivity index (χ1) is 9.56. The van der Waals surface area contributed by atoms with Gasteiger partial charge in [0, 0.05) is 11.8 Å². The first-order valence-corrected chi connectivity index (χ1v) is 6.22. The normalized spacial score (nSPS) is 10.3. The van der Waals surface area contributed by atoms with Crippen molar-refractivity contribution < 1.29 is 9.53 Å². The summed E-state index contributed by atoms with van der Waals surface area (Å²) in [4.78, 5) is 31.9. The Balaban J connectivity index is 2.68. The molecule has 0 saturated heterocycles. The summed E-state index contributed by atoms with van der Waals surface area (Å²) in [5.41, 5.74) is 1.79. The van der Waals surface area contributed by atoms with Crippen LogP contribution in [0.4, 0.5) is 0 Å². The van der Waals surface area contributed by atoms with Crippen molar-refractivity contribution in [3.05, 3.63) is 52.0 Å². The Morgan fingerprint density at radius 2 is 1.95 bits per heavy atom. The Bertz CT molecular complexity index is 693. The first kappa shape index (κ1) is 13.9. The standard InChI is InChI=1S/C14H15N3O3/c1-4-20-14(19)13-9(2)5-12(18)17(10(13)3)11-6-15-8-16-7-11/h5-8H,4H2,1-3H3. The molecule has 0 aromatic carbocycles. The summed E-state index contributed by atoms with van der Waals surface area (Å²) in [6.07, 6.45) is 4.42. The maximum absolute atomic E-state index is 12.1. The molecule has 0 aliphatic rings. The van der Waals surface area contributed by atoms with Gasteiger partial charge in [-0.3, -0.25) is 9.36 Å². The molecule has 6 nitrogen and oxygen atoms in total. The van der Waals surface area contributed by atoms with Gasteiger partial charge in [-0.2, -0.15) is 0 Å². The maximum atomic E-state index is 12.1. The van der Waals surface area contributed by atoms with E-state index < -0.39 is 5.97 Å². The van der Waals surface area contributed by atoms with E-state index in [4.69, 9.17) is 4.74 Å². The van der Waals surface area contributed by atoms with Gasteiger partial charge in [-0.05, 0) is 26.3 Å². The van der Waals surface area contributed by atoms with E-state index in [1.54, 1.807) is 20.8 Å². The van der Waals surface area contributed by atoms with Crippen LogP contribution in [0.1, 0.15) is 28.5 Å². The molecule has 0 N–H and O–H groups in total. The average Bonchev–Trinajstić information content (AvgIpc) is 2.39. The smallest absolute Gasteiger partial charge is 0.340 e. The van der Waals surface area contributed by atoms with Crippen molar-refractivity contribution in [2.75, 3.05) is 6.61 Å². The van der Waals surface area contributed by atoms with Crippen molar-refractivity contribution >= 4 is 5.97 Å². The van der Waals surface area contributed by atoms with Crippen LogP contribution in [-0.2, 0) is 4.74 Å². The highest BCUT2D eigenvalue weighted by molar-refractivity contribution is 5.92. The summed E-state index contributed by atoms with van der Waals surface area (Å²) in [5.74, 6) is -0.437. The minimum atomic E-state index is -0.437. The van der Waals surface area contributed by atoms with Crippen molar-refractivity contribution in [3.8, 4) is 5.69 Å². The molecular weight excluding hydrogens is 258 g/mol. The van der Waals surface area contributed by atoms with Crippen LogP contribution in [-0.4, -0.2) is 27.1 Å². The average molecular weight is 273 g/mol. The van der Waals surface area contributed by atoms with Gasteiger partial charge in [0.05, 0.1) is 30.3 Å². The summed E-state index contributed by atoms with van der Waals surface area (Å²) in [6, 6.07) is 1.41. The number of esters is 1. The largest absolute Gasteiger partial charge is 0.462 e. The number of nitrogens with zero attached hydrogens (tertiary/aromatic N) is 3. The number of aromatic nitrogens is 3. The number of hydrogen-bond donors (Lipinski definition) is 0. The number of rotatable bonds is 3. The number of carbonyl (C=O) groups excluding carboxylic acids is 1. The van der Waals surface area contributed by atoms with Crippen LogP contribution in [0.15, 0.2) is 29.6 Å². The first-order valence-electron chi connectivity index (χ1n) is 6.22. The van der Waals surface area contributed by atoms with E-state index >= 15 is 0 Å². The number of ether oxygens (including phenoxy) is 1. The van der Waals surface area contributed by atoms with Crippen molar-refractivity contribution in [2.45, 2.75) is 20.8 Å². The Morgan fingerprint density at radius 1 is 1.30 bits per heavy atom. The van der Waals surface area contributed by atoms with Gasteiger partial charge in [-0.15, -0.1) is 0 Å². The highest BCUT2D eigenvalue weighted by atomic mass is 16.5. The predicted octanol–water partition coefficient (Wildman–Crippen LogP) is 1.42. The van der Waals surface area contributed by atoms with Crippen LogP contribution in [0.2, 0.25) is 0 Å². The third-order valence-corrected chi connectivity index (χ3v) is 2.94. The Morgan fingerprint density at radius 3 is 2.55 bits per heavy atom. The molecule has 2 aromatic heterocycles. The van der Waals surface area contributed by atoms with Gasteiger partial charge < -0.3 is 4.74 Å². The van der Waals surface area contributed by atoms with Gasteiger partial charge in [0.1, 0.15) is 6.33 Å². The summed E-state index contributed by atoms with van der Waals surface area (Å²) >= 11 is 0. The number of hydrogen-bond acceptors (Lipinski definition) is 5. The lowest BCUT2D eigenvalue weighted by atomic mass is 10.1. The third-order valence-electron chi connectivity index (χ3n) is 2.94. The minimum Gasteiger partial charge on any atom is -0.462 e. The van der Waals surface area contributed by atoms with Gasteiger partial charge in [0.25, 0.3) is 5.56 Å². The molecule has 0 fully saturated rings. The van der Waals surface area contributed by atoms with Crippen molar-refractivity contribution in [2.24, 2.45) is 0 Å². The van der Waals surface area contributed by atoms with E-state index in [9.17, 15) is 9.59 Å². The molecule has 0 atom stereocenters. The topological polar surface area (TPSA) is 74.1 Å². The maximum Gasteiger partial charge on any atom is 0.340 e. The highest BCUT2D eigenvalue weighted by Gasteiger charge is 2.18. The quantitative estimate of drug-likeness (QED) is 0.791. The number of carbonyl (C=O) groups is 1. The van der Waals surface area contributed by atoms with E-state index in [2.05, 4.69) is 9.97 Å². The van der Waals surface area contributed by atoms with Crippen LogP contribution in [0.3, 0.4) is 0 Å². The van der Waals surface area contributed by atoms with Gasteiger partial charge >= 0.3 is 5.97 Å². The molecule has 0 spiro atoms. The highest BCUT2D eigenvalue weighted by Crippen LogP contribution is 2.15. The summed E-state index contributed by atoms with van der Waals surface area (Å²) in [6.45, 7) is 5.44. The SMILES string of the molecule is CCOC(=O)c1c(C)cc(=O)n(-c2cncnc2)c1C. The van der Waals surface area contributed by atoms with E-state index in [0.29, 0.717) is 22.5 Å². The molecule has 0 bridgehead atoms. The van der Waals surface area contributed by atoms with Gasteiger partial charge in [0.2, 0.25) is 0 Å². The lowest BCUT2D eigenvalue weighted by molar-refractivity contribution is 0.0523. The van der Waals surface area contributed by atoms with Crippen LogP contribution in [0.25, 0.3) is 5.69 Å². The monoisotopic (exact) mass is 273 g/mol. The number of aryl methyl sites for hydroxylation is 1. The number of pyridine rings is 1. The van der Waals surface area contributed by atoms with Crippen molar-refractivity contribution in [3.63, 3.8) is 0 Å². The second kappa shape index (κ2) is 5.64. The van der Waals surface area contributed by atoms with Crippen LogP contribution in [0, 0.1) is 13.8 Å². The van der Waals surface area contributed by atoms with Crippen LogP contribution < -0.4 is 5.56 Å².